The van der Waals surface area contributed by atoms with Crippen LogP contribution in [0.15, 0.2) is 54.7 Å². The van der Waals surface area contributed by atoms with Crippen molar-refractivity contribution in [2.24, 2.45) is 5.92 Å². The molecule has 2 N–H and O–H groups in total. The van der Waals surface area contributed by atoms with E-state index in [1.807, 2.05) is 30.5 Å². The van der Waals surface area contributed by atoms with E-state index < -0.39 is 0 Å². The van der Waals surface area contributed by atoms with E-state index in [0.29, 0.717) is 25.5 Å². The number of nitrogens with zero attached hydrogens (tertiary/aromatic N) is 3. The molecule has 0 radical (unpaired) electrons. The molecule has 7 heteroatoms. The van der Waals surface area contributed by atoms with Crippen LogP contribution in [0, 0.1) is 12.8 Å². The molecule has 0 aliphatic carbocycles. The normalized spacial score (nSPS) is 16.6. The molecule has 1 aliphatic rings. The standard InChI is InChI=1S/C23H23N5O2/c1-15-6-7-20-16(12-15)8-10-27(20)11-9-24-23(30)17-13-21(29)28(14-17)22-18-4-2-3-5-19(18)25-26-22/h2-8,10,12,17H,9,11,13-14H2,1H3,(H,24,30)(H,25,26). The van der Waals surface area contributed by atoms with Crippen molar-refractivity contribution in [1.29, 1.82) is 0 Å². The van der Waals surface area contributed by atoms with E-state index in [0.717, 1.165) is 16.4 Å². The predicted octanol–water partition coefficient (Wildman–Crippen LogP) is 3.00. The van der Waals surface area contributed by atoms with E-state index in [9.17, 15) is 9.59 Å². The van der Waals surface area contributed by atoms with E-state index in [4.69, 9.17) is 0 Å². The lowest BCUT2D eigenvalue weighted by atomic mass is 10.1. The SMILES string of the molecule is Cc1ccc2c(ccn2CCNC(=O)C2CC(=O)N(c3n[nH]c4ccccc34)C2)c1. The van der Waals surface area contributed by atoms with Crippen LogP contribution in [0.25, 0.3) is 21.8 Å². The van der Waals surface area contributed by atoms with Gasteiger partial charge in [-0.3, -0.25) is 19.6 Å². The molecule has 4 aromatic rings. The quantitative estimate of drug-likeness (QED) is 0.539. The van der Waals surface area contributed by atoms with Gasteiger partial charge in [0.25, 0.3) is 0 Å². The highest BCUT2D eigenvalue weighted by Crippen LogP contribution is 2.29. The lowest BCUT2D eigenvalue weighted by molar-refractivity contribution is -0.126. The summed E-state index contributed by atoms with van der Waals surface area (Å²) in [5.74, 6) is 0.0780. The van der Waals surface area contributed by atoms with Gasteiger partial charge in [-0.15, -0.1) is 0 Å². The topological polar surface area (TPSA) is 83.0 Å². The van der Waals surface area contributed by atoms with Gasteiger partial charge in [-0.2, -0.15) is 5.10 Å². The van der Waals surface area contributed by atoms with Gasteiger partial charge >= 0.3 is 0 Å². The number of fused-ring (bicyclic) bond motifs is 2. The number of carbonyl (C=O) groups excluding carboxylic acids is 2. The third-order valence-corrected chi connectivity index (χ3v) is 5.78. The highest BCUT2D eigenvalue weighted by Gasteiger charge is 2.36. The lowest BCUT2D eigenvalue weighted by Gasteiger charge is -2.14. The Balaban J connectivity index is 1.22. The highest BCUT2D eigenvalue weighted by molar-refractivity contribution is 6.05. The number of hydrogen-bond donors (Lipinski definition) is 2. The molecule has 1 atom stereocenters. The predicted molar refractivity (Wildman–Crippen MR) is 116 cm³/mol. The zero-order valence-corrected chi connectivity index (χ0v) is 16.8. The van der Waals surface area contributed by atoms with Gasteiger partial charge in [0.15, 0.2) is 5.82 Å². The Morgan fingerprint density at radius 3 is 3.00 bits per heavy atom. The maximum atomic E-state index is 12.7. The fraction of sp³-hybridized carbons (Fsp3) is 0.261. The van der Waals surface area contributed by atoms with E-state index in [1.165, 1.54) is 10.9 Å². The van der Waals surface area contributed by atoms with Gasteiger partial charge < -0.3 is 9.88 Å². The summed E-state index contributed by atoms with van der Waals surface area (Å²) in [5.41, 5.74) is 3.26. The minimum atomic E-state index is -0.364. The van der Waals surface area contributed by atoms with Gasteiger partial charge in [0, 0.05) is 43.2 Å². The molecule has 5 rings (SSSR count). The first-order valence-electron chi connectivity index (χ1n) is 10.2. The van der Waals surface area contributed by atoms with Crippen LogP contribution in [0.4, 0.5) is 5.82 Å². The molecule has 1 fully saturated rings. The highest BCUT2D eigenvalue weighted by atomic mass is 16.2. The summed E-state index contributed by atoms with van der Waals surface area (Å²) in [6.45, 7) is 3.64. The first-order chi connectivity index (χ1) is 14.6. The van der Waals surface area contributed by atoms with Crippen molar-refractivity contribution in [2.45, 2.75) is 19.9 Å². The van der Waals surface area contributed by atoms with E-state index >= 15 is 0 Å². The lowest BCUT2D eigenvalue weighted by Crippen LogP contribution is -2.34. The number of aromatic nitrogens is 3. The minimum absolute atomic E-state index is 0.0702. The van der Waals surface area contributed by atoms with Crippen LogP contribution in [0.5, 0.6) is 0 Å². The molecule has 1 saturated heterocycles. The summed E-state index contributed by atoms with van der Waals surface area (Å²) in [6.07, 6.45) is 2.25. The van der Waals surface area contributed by atoms with Gasteiger partial charge in [-0.25, -0.2) is 0 Å². The molecule has 1 aliphatic heterocycles. The number of nitrogens with one attached hydrogen (secondary N) is 2. The zero-order valence-electron chi connectivity index (χ0n) is 16.8. The second kappa shape index (κ2) is 7.33. The van der Waals surface area contributed by atoms with Crippen molar-refractivity contribution in [3.05, 3.63) is 60.3 Å². The number of amides is 2. The fourth-order valence-electron chi connectivity index (χ4n) is 4.20. The number of H-pyrrole nitrogens is 1. The Morgan fingerprint density at radius 1 is 1.23 bits per heavy atom. The minimum Gasteiger partial charge on any atom is -0.354 e. The van der Waals surface area contributed by atoms with E-state index in [1.54, 1.807) is 4.90 Å². The summed E-state index contributed by atoms with van der Waals surface area (Å²) in [4.78, 5) is 26.8. The Labute approximate surface area is 173 Å². The van der Waals surface area contributed by atoms with Crippen molar-refractivity contribution in [3.63, 3.8) is 0 Å². The van der Waals surface area contributed by atoms with Gasteiger partial charge in [0.05, 0.1) is 11.4 Å². The fourth-order valence-corrected chi connectivity index (χ4v) is 4.20. The maximum absolute atomic E-state index is 12.7. The third-order valence-electron chi connectivity index (χ3n) is 5.78. The molecule has 2 aromatic carbocycles. The number of benzene rings is 2. The first-order valence-corrected chi connectivity index (χ1v) is 10.2. The number of aryl methyl sites for hydroxylation is 1. The van der Waals surface area contributed by atoms with Crippen molar-refractivity contribution in [3.8, 4) is 0 Å². The largest absolute Gasteiger partial charge is 0.354 e. The van der Waals surface area contributed by atoms with Crippen molar-refractivity contribution in [2.75, 3.05) is 18.0 Å². The van der Waals surface area contributed by atoms with Crippen LogP contribution in [0.1, 0.15) is 12.0 Å². The molecular formula is C23H23N5O2. The molecule has 7 nitrogen and oxygen atoms in total. The Kier molecular flexibility index (Phi) is 4.50. The number of hydrogen-bond acceptors (Lipinski definition) is 3. The first kappa shape index (κ1) is 18.4. The number of para-hydroxylation sites is 1. The molecule has 152 valence electrons. The Morgan fingerprint density at radius 2 is 2.10 bits per heavy atom. The molecule has 0 bridgehead atoms. The molecule has 2 aromatic heterocycles. The molecule has 0 spiro atoms. The van der Waals surface area contributed by atoms with Gasteiger partial charge in [-0.05, 0) is 42.6 Å². The van der Waals surface area contributed by atoms with Crippen molar-refractivity contribution < 1.29 is 9.59 Å². The van der Waals surface area contributed by atoms with Gasteiger partial charge in [-0.1, -0.05) is 23.8 Å². The summed E-state index contributed by atoms with van der Waals surface area (Å²) in [7, 11) is 0. The number of rotatable bonds is 5. The molecule has 1 unspecified atom stereocenters. The Bertz CT molecular complexity index is 1250. The van der Waals surface area contributed by atoms with Crippen LogP contribution in [-0.4, -0.2) is 39.7 Å². The molecule has 0 saturated carbocycles. The zero-order chi connectivity index (χ0) is 20.7. The maximum Gasteiger partial charge on any atom is 0.229 e. The molecular weight excluding hydrogens is 378 g/mol. The van der Waals surface area contributed by atoms with E-state index in [2.05, 4.69) is 51.3 Å². The number of aromatic amines is 1. The van der Waals surface area contributed by atoms with Crippen molar-refractivity contribution in [1.82, 2.24) is 20.1 Å². The van der Waals surface area contributed by atoms with Crippen molar-refractivity contribution >= 4 is 39.4 Å². The number of anilines is 1. The van der Waals surface area contributed by atoms with Crippen LogP contribution in [0.2, 0.25) is 0 Å². The average molecular weight is 401 g/mol. The smallest absolute Gasteiger partial charge is 0.229 e. The van der Waals surface area contributed by atoms with Gasteiger partial charge in [0.1, 0.15) is 0 Å². The second-order valence-electron chi connectivity index (χ2n) is 7.86. The van der Waals surface area contributed by atoms with Gasteiger partial charge in [0.2, 0.25) is 11.8 Å². The van der Waals surface area contributed by atoms with Crippen LogP contribution in [-0.2, 0) is 16.1 Å². The summed E-state index contributed by atoms with van der Waals surface area (Å²) < 4.78 is 2.14. The second-order valence-corrected chi connectivity index (χ2v) is 7.86. The molecule has 2 amide bonds. The molecule has 30 heavy (non-hydrogen) atoms. The monoisotopic (exact) mass is 401 g/mol. The third kappa shape index (κ3) is 3.22. The van der Waals surface area contributed by atoms with Crippen LogP contribution < -0.4 is 10.2 Å². The molecule has 3 heterocycles. The average Bonchev–Trinajstić information content (AvgIpc) is 3.44. The summed E-state index contributed by atoms with van der Waals surface area (Å²) in [5, 5.41) is 12.3. The van der Waals surface area contributed by atoms with E-state index in [-0.39, 0.29) is 24.2 Å². The summed E-state index contributed by atoms with van der Waals surface area (Å²) in [6, 6.07) is 16.1. The number of carbonyl (C=O) groups is 2. The Hall–Kier alpha value is -3.61. The van der Waals surface area contributed by atoms with Crippen LogP contribution >= 0.6 is 0 Å². The summed E-state index contributed by atoms with van der Waals surface area (Å²) >= 11 is 0. The van der Waals surface area contributed by atoms with Crippen LogP contribution in [0.3, 0.4) is 0 Å².